The van der Waals surface area contributed by atoms with Gasteiger partial charge in [0.25, 0.3) is 0 Å². The molecule has 0 aliphatic heterocycles. The first-order valence-corrected chi connectivity index (χ1v) is 14.2. The minimum Gasteiger partial charge on any atom is -0.490 e. The van der Waals surface area contributed by atoms with Gasteiger partial charge in [0.2, 0.25) is 0 Å². The van der Waals surface area contributed by atoms with Gasteiger partial charge in [-0.05, 0) is 91.7 Å². The van der Waals surface area contributed by atoms with Crippen molar-refractivity contribution >= 4 is 0 Å². The van der Waals surface area contributed by atoms with E-state index in [1.165, 1.54) is 6.07 Å². The zero-order chi connectivity index (χ0) is 27.6. The number of unbranched alkanes of at least 4 members (excludes halogenated alkanes) is 1. The number of hydrogen-bond donors (Lipinski definition) is 0. The maximum atomic E-state index is 15.2. The minimum atomic E-state index is -0.785. The standard InChI is InChI=1S/C34H39F3O2/c1-3-5-21-38-28-16-14-27(15-17-28)30-19-18-29(33(36)34(30)37)26-12-9-24(10-13-26)7-8-25-11-20-32(31(35)23-25)39-22-6-4-2/h4,9-13,18-20,23,27-28H,2-3,5-8,14-17,21-22H2,1H3. The molecule has 0 radical (unpaired) electrons. The van der Waals surface area contributed by atoms with E-state index in [0.29, 0.717) is 37.0 Å². The van der Waals surface area contributed by atoms with E-state index in [1.807, 2.05) is 30.3 Å². The van der Waals surface area contributed by atoms with E-state index in [4.69, 9.17) is 9.47 Å². The van der Waals surface area contributed by atoms with Gasteiger partial charge >= 0.3 is 0 Å². The van der Waals surface area contributed by atoms with Gasteiger partial charge in [-0.3, -0.25) is 0 Å². The number of halogens is 3. The summed E-state index contributed by atoms with van der Waals surface area (Å²) in [5.74, 6) is -1.62. The fourth-order valence-electron chi connectivity index (χ4n) is 5.25. The summed E-state index contributed by atoms with van der Waals surface area (Å²) >= 11 is 0. The monoisotopic (exact) mass is 536 g/mol. The van der Waals surface area contributed by atoms with Crippen LogP contribution < -0.4 is 4.74 Å². The molecule has 1 aliphatic rings. The molecule has 208 valence electrons. The lowest BCUT2D eigenvalue weighted by Gasteiger charge is -2.29. The SMILES string of the molecule is C=CCCOc1ccc(CCc2ccc(-c3ccc(C4CCC(OCCCC)CC4)c(F)c3F)cc2)cc1F. The maximum Gasteiger partial charge on any atom is 0.166 e. The van der Waals surface area contributed by atoms with Crippen LogP contribution in [0.2, 0.25) is 0 Å². The van der Waals surface area contributed by atoms with Gasteiger partial charge in [-0.1, -0.05) is 61.9 Å². The van der Waals surface area contributed by atoms with Gasteiger partial charge in [0.1, 0.15) is 0 Å². The summed E-state index contributed by atoms with van der Waals surface area (Å²) in [5, 5.41) is 0. The molecule has 0 N–H and O–H groups in total. The van der Waals surface area contributed by atoms with Gasteiger partial charge in [-0.25, -0.2) is 13.2 Å². The quantitative estimate of drug-likeness (QED) is 0.160. The molecule has 3 aromatic rings. The van der Waals surface area contributed by atoms with E-state index in [-0.39, 0.29) is 29.2 Å². The Morgan fingerprint density at radius 1 is 0.846 bits per heavy atom. The third-order valence-electron chi connectivity index (χ3n) is 7.62. The van der Waals surface area contributed by atoms with Crippen LogP contribution in [0.3, 0.4) is 0 Å². The lowest BCUT2D eigenvalue weighted by atomic mass is 9.82. The third kappa shape index (κ3) is 7.76. The van der Waals surface area contributed by atoms with Crippen molar-refractivity contribution in [3.63, 3.8) is 0 Å². The molecule has 0 spiro atoms. The molecular weight excluding hydrogens is 497 g/mol. The fraction of sp³-hybridized carbons (Fsp3) is 0.412. The summed E-state index contributed by atoms with van der Waals surface area (Å²) in [6, 6.07) is 16.0. The first-order chi connectivity index (χ1) is 19.0. The molecule has 39 heavy (non-hydrogen) atoms. The Labute approximate surface area is 230 Å². The fourth-order valence-corrected chi connectivity index (χ4v) is 5.25. The lowest BCUT2D eigenvalue weighted by molar-refractivity contribution is 0.0230. The molecule has 0 saturated heterocycles. The van der Waals surface area contributed by atoms with Crippen molar-refractivity contribution in [2.24, 2.45) is 0 Å². The van der Waals surface area contributed by atoms with Crippen molar-refractivity contribution < 1.29 is 22.6 Å². The summed E-state index contributed by atoms with van der Waals surface area (Å²) in [6.45, 7) is 6.95. The molecule has 1 aliphatic carbocycles. The highest BCUT2D eigenvalue weighted by Crippen LogP contribution is 2.38. The van der Waals surface area contributed by atoms with Crippen LogP contribution in [0.15, 0.2) is 67.3 Å². The van der Waals surface area contributed by atoms with Crippen molar-refractivity contribution in [1.82, 2.24) is 0 Å². The third-order valence-corrected chi connectivity index (χ3v) is 7.62. The Morgan fingerprint density at radius 2 is 1.56 bits per heavy atom. The van der Waals surface area contributed by atoms with Crippen molar-refractivity contribution in [1.29, 1.82) is 0 Å². The largest absolute Gasteiger partial charge is 0.490 e. The summed E-state index contributed by atoms with van der Waals surface area (Å²) in [4.78, 5) is 0. The average molecular weight is 537 g/mol. The smallest absolute Gasteiger partial charge is 0.166 e. The van der Waals surface area contributed by atoms with E-state index < -0.39 is 11.6 Å². The van der Waals surface area contributed by atoms with E-state index in [9.17, 15) is 4.39 Å². The van der Waals surface area contributed by atoms with Crippen molar-refractivity contribution in [3.8, 4) is 16.9 Å². The first kappa shape index (κ1) is 28.9. The Hall–Kier alpha value is -3.05. The van der Waals surface area contributed by atoms with E-state index in [1.54, 1.807) is 24.3 Å². The Bertz CT molecular complexity index is 1210. The lowest BCUT2D eigenvalue weighted by Crippen LogP contribution is -2.22. The van der Waals surface area contributed by atoms with E-state index in [0.717, 1.165) is 56.3 Å². The number of benzene rings is 3. The molecule has 0 bridgehead atoms. The minimum absolute atomic E-state index is 0.0274. The van der Waals surface area contributed by atoms with Gasteiger partial charge in [0.15, 0.2) is 23.2 Å². The number of aryl methyl sites for hydroxylation is 2. The molecule has 5 heteroatoms. The normalized spacial score (nSPS) is 17.2. The highest BCUT2D eigenvalue weighted by molar-refractivity contribution is 5.65. The summed E-state index contributed by atoms with van der Waals surface area (Å²) in [5.41, 5.74) is 3.30. The highest BCUT2D eigenvalue weighted by atomic mass is 19.2. The number of hydrogen-bond acceptors (Lipinski definition) is 2. The van der Waals surface area contributed by atoms with Crippen molar-refractivity contribution in [2.45, 2.75) is 76.7 Å². The number of rotatable bonds is 13. The molecule has 2 nitrogen and oxygen atoms in total. The zero-order valence-electron chi connectivity index (χ0n) is 22.9. The van der Waals surface area contributed by atoms with Crippen LogP contribution in [-0.4, -0.2) is 19.3 Å². The molecule has 0 atom stereocenters. The molecule has 0 unspecified atom stereocenters. The van der Waals surface area contributed by atoms with Crippen LogP contribution in [0.25, 0.3) is 11.1 Å². The van der Waals surface area contributed by atoms with Gasteiger partial charge in [0, 0.05) is 12.2 Å². The van der Waals surface area contributed by atoms with Gasteiger partial charge < -0.3 is 9.47 Å². The van der Waals surface area contributed by atoms with Crippen molar-refractivity contribution in [3.05, 3.63) is 101 Å². The molecule has 1 saturated carbocycles. The summed E-state index contributed by atoms with van der Waals surface area (Å²) in [7, 11) is 0. The van der Waals surface area contributed by atoms with Crippen LogP contribution in [0.5, 0.6) is 5.75 Å². The van der Waals surface area contributed by atoms with Crippen molar-refractivity contribution in [2.75, 3.05) is 13.2 Å². The Kier molecular flexibility index (Phi) is 10.7. The second kappa shape index (κ2) is 14.4. The molecule has 4 rings (SSSR count). The predicted molar refractivity (Wildman–Crippen MR) is 152 cm³/mol. The van der Waals surface area contributed by atoms with Gasteiger partial charge in [-0.2, -0.15) is 0 Å². The van der Waals surface area contributed by atoms with Crippen LogP contribution in [-0.2, 0) is 17.6 Å². The molecular formula is C34H39F3O2. The molecule has 0 heterocycles. The van der Waals surface area contributed by atoms with Crippen LogP contribution >= 0.6 is 0 Å². The number of ether oxygens (including phenoxy) is 2. The second-order valence-electron chi connectivity index (χ2n) is 10.4. The molecule has 0 amide bonds. The molecule has 1 fully saturated rings. The van der Waals surface area contributed by atoms with E-state index in [2.05, 4.69) is 13.5 Å². The van der Waals surface area contributed by atoms with Crippen LogP contribution in [0.4, 0.5) is 13.2 Å². The van der Waals surface area contributed by atoms with Gasteiger partial charge in [0.05, 0.1) is 12.7 Å². The molecule has 0 aromatic heterocycles. The Balaban J connectivity index is 1.34. The first-order valence-electron chi connectivity index (χ1n) is 14.2. The zero-order valence-corrected chi connectivity index (χ0v) is 22.9. The Morgan fingerprint density at radius 3 is 2.26 bits per heavy atom. The highest BCUT2D eigenvalue weighted by Gasteiger charge is 2.27. The van der Waals surface area contributed by atoms with Crippen LogP contribution in [0.1, 0.15) is 74.5 Å². The predicted octanol–water partition coefficient (Wildman–Crippen LogP) is 9.35. The summed E-state index contributed by atoms with van der Waals surface area (Å²) in [6.07, 6.45) is 9.57. The van der Waals surface area contributed by atoms with Gasteiger partial charge in [-0.15, -0.1) is 6.58 Å². The topological polar surface area (TPSA) is 18.5 Å². The summed E-state index contributed by atoms with van der Waals surface area (Å²) < 4.78 is 56.0. The second-order valence-corrected chi connectivity index (χ2v) is 10.4. The van der Waals surface area contributed by atoms with E-state index >= 15 is 8.78 Å². The molecule has 3 aromatic carbocycles. The maximum absolute atomic E-state index is 15.2. The average Bonchev–Trinajstić information content (AvgIpc) is 2.95. The van der Waals surface area contributed by atoms with Crippen LogP contribution in [0, 0.1) is 17.5 Å².